The van der Waals surface area contributed by atoms with Gasteiger partial charge in [-0.3, -0.25) is 0 Å². The van der Waals surface area contributed by atoms with E-state index in [-0.39, 0.29) is 11.4 Å². The maximum Gasteiger partial charge on any atom is 0.241 e. The fourth-order valence-corrected chi connectivity index (χ4v) is 2.54. The van der Waals surface area contributed by atoms with Crippen LogP contribution >= 0.6 is 0 Å². The second kappa shape index (κ2) is 7.14. The summed E-state index contributed by atoms with van der Waals surface area (Å²) >= 11 is 0. The zero-order valence-corrected chi connectivity index (χ0v) is 11.3. The first-order chi connectivity index (χ1) is 8.60. The molecule has 98 valence electrons. The lowest BCUT2D eigenvalue weighted by molar-refractivity contribution is 0.586. The van der Waals surface area contributed by atoms with Crippen LogP contribution in [0.25, 0.3) is 0 Å². The molecule has 0 aliphatic heterocycles. The average molecular weight is 266 g/mol. The van der Waals surface area contributed by atoms with Crippen LogP contribution in [0, 0.1) is 11.3 Å². The van der Waals surface area contributed by atoms with Crippen molar-refractivity contribution in [3.63, 3.8) is 0 Å². The van der Waals surface area contributed by atoms with Gasteiger partial charge in [0.05, 0.1) is 17.5 Å². The van der Waals surface area contributed by atoms with Crippen LogP contribution in [0.1, 0.15) is 31.7 Å². The summed E-state index contributed by atoms with van der Waals surface area (Å²) in [5.74, 6) is 0. The van der Waals surface area contributed by atoms with Crippen LogP contribution in [0.15, 0.2) is 29.2 Å². The second-order valence-corrected chi connectivity index (χ2v) is 5.85. The van der Waals surface area contributed by atoms with Gasteiger partial charge in [-0.2, -0.15) is 9.98 Å². The van der Waals surface area contributed by atoms with E-state index in [0.29, 0.717) is 0 Å². The first-order valence-electron chi connectivity index (χ1n) is 6.05. The molecule has 0 aliphatic carbocycles. The number of hydrogen-bond donors (Lipinski definition) is 1. The monoisotopic (exact) mass is 266 g/mol. The summed E-state index contributed by atoms with van der Waals surface area (Å²) in [6.07, 6.45) is 4.45. The molecule has 0 aromatic heterocycles. The van der Waals surface area contributed by atoms with Gasteiger partial charge in [-0.05, 0) is 30.5 Å². The minimum atomic E-state index is -3.54. The normalized spacial score (nSPS) is 11.1. The first-order valence-corrected chi connectivity index (χ1v) is 7.54. The van der Waals surface area contributed by atoms with Gasteiger partial charge in [-0.1, -0.05) is 31.9 Å². The Morgan fingerprint density at radius 2 is 1.89 bits per heavy atom. The fourth-order valence-electron chi connectivity index (χ4n) is 1.63. The Hall–Kier alpha value is -1.38. The maximum absolute atomic E-state index is 11.7. The third-order valence-corrected chi connectivity index (χ3v) is 4.06. The Bertz CT molecular complexity index is 501. The van der Waals surface area contributed by atoms with Crippen LogP contribution in [0.4, 0.5) is 0 Å². The molecular formula is C13H18N2O2S. The molecule has 0 amide bonds. The van der Waals surface area contributed by atoms with E-state index in [1.165, 1.54) is 12.8 Å². The number of hydrogen-bond acceptors (Lipinski definition) is 3. The van der Waals surface area contributed by atoms with Crippen LogP contribution in [0.5, 0.6) is 0 Å². The molecule has 5 heteroatoms. The molecule has 0 spiro atoms. The quantitative estimate of drug-likeness (QED) is 0.607. The first kappa shape index (κ1) is 14.7. The number of benzene rings is 1. The zero-order chi connectivity index (χ0) is 13.4. The summed E-state index contributed by atoms with van der Waals surface area (Å²) in [4.78, 5) is 0.206. The summed E-state index contributed by atoms with van der Waals surface area (Å²) in [5, 5.41) is 8.36. The molecule has 1 rings (SSSR count). The van der Waals surface area contributed by atoms with Crippen LogP contribution in [0.2, 0.25) is 0 Å². The van der Waals surface area contributed by atoms with Crippen molar-refractivity contribution >= 4 is 10.0 Å². The lowest BCUT2D eigenvalue weighted by Crippen LogP contribution is -2.23. The van der Waals surface area contributed by atoms with E-state index >= 15 is 0 Å². The smallest absolute Gasteiger partial charge is 0.207 e. The second-order valence-electron chi connectivity index (χ2n) is 4.08. The summed E-state index contributed by atoms with van der Waals surface area (Å²) in [7, 11) is -3.54. The van der Waals surface area contributed by atoms with E-state index in [1.807, 2.05) is 12.1 Å². The number of sulfonamides is 1. The molecule has 0 heterocycles. The van der Waals surface area contributed by atoms with E-state index in [1.54, 1.807) is 18.2 Å². The van der Waals surface area contributed by atoms with Gasteiger partial charge in [0.2, 0.25) is 10.0 Å². The molecule has 0 radical (unpaired) electrons. The van der Waals surface area contributed by atoms with Gasteiger partial charge in [0.25, 0.3) is 0 Å². The van der Waals surface area contributed by atoms with Crippen LogP contribution in [-0.4, -0.2) is 15.0 Å². The fraction of sp³-hybridized carbons (Fsp3) is 0.462. The predicted octanol–water partition coefficient (Wildman–Crippen LogP) is 2.22. The SMILES string of the molecule is CCCCCc1ccc(S(=O)(=O)NCC#N)cc1. The topological polar surface area (TPSA) is 70.0 Å². The highest BCUT2D eigenvalue weighted by Crippen LogP contribution is 2.12. The maximum atomic E-state index is 11.7. The van der Waals surface area contributed by atoms with Crippen molar-refractivity contribution < 1.29 is 8.42 Å². The van der Waals surface area contributed by atoms with Crippen molar-refractivity contribution in [2.24, 2.45) is 0 Å². The lowest BCUT2D eigenvalue weighted by Gasteiger charge is -2.05. The van der Waals surface area contributed by atoms with Gasteiger partial charge < -0.3 is 0 Å². The molecule has 0 saturated heterocycles. The van der Waals surface area contributed by atoms with Crippen LogP contribution < -0.4 is 4.72 Å². The van der Waals surface area contributed by atoms with E-state index < -0.39 is 10.0 Å². The van der Waals surface area contributed by atoms with Crippen molar-refractivity contribution in [1.82, 2.24) is 4.72 Å². The number of rotatable bonds is 7. The van der Waals surface area contributed by atoms with Crippen molar-refractivity contribution in [3.8, 4) is 6.07 Å². The van der Waals surface area contributed by atoms with Crippen LogP contribution in [0.3, 0.4) is 0 Å². The van der Waals surface area contributed by atoms with Crippen LogP contribution in [-0.2, 0) is 16.4 Å². The molecule has 18 heavy (non-hydrogen) atoms. The molecule has 0 bridgehead atoms. The third-order valence-electron chi connectivity index (χ3n) is 2.64. The molecule has 0 unspecified atom stereocenters. The molecule has 0 saturated carbocycles. The number of nitriles is 1. The molecule has 4 nitrogen and oxygen atoms in total. The highest BCUT2D eigenvalue weighted by Gasteiger charge is 2.12. The molecule has 0 aliphatic rings. The minimum absolute atomic E-state index is 0.206. The number of aryl methyl sites for hydroxylation is 1. The van der Waals surface area contributed by atoms with Gasteiger partial charge in [0, 0.05) is 0 Å². The summed E-state index contributed by atoms with van der Waals surface area (Å²) in [6.45, 7) is 1.94. The Morgan fingerprint density at radius 1 is 1.22 bits per heavy atom. The highest BCUT2D eigenvalue weighted by atomic mass is 32.2. The number of unbranched alkanes of at least 4 members (excludes halogenated alkanes) is 2. The van der Waals surface area contributed by atoms with Crippen molar-refractivity contribution in [2.45, 2.75) is 37.5 Å². The van der Waals surface area contributed by atoms with Gasteiger partial charge in [0.15, 0.2) is 0 Å². The minimum Gasteiger partial charge on any atom is -0.207 e. The highest BCUT2D eigenvalue weighted by molar-refractivity contribution is 7.89. The van der Waals surface area contributed by atoms with Crippen molar-refractivity contribution in [1.29, 1.82) is 5.26 Å². The Balaban J connectivity index is 2.68. The molecule has 1 aromatic rings. The third kappa shape index (κ3) is 4.47. The summed E-state index contributed by atoms with van der Waals surface area (Å²) in [5.41, 5.74) is 1.14. The standard InChI is InChI=1S/C13H18N2O2S/c1-2-3-4-5-12-6-8-13(9-7-12)18(16,17)15-11-10-14/h6-9,15H,2-5,11H2,1H3. The Labute approximate surface area is 109 Å². The summed E-state index contributed by atoms with van der Waals surface area (Å²) in [6, 6.07) is 8.58. The average Bonchev–Trinajstić information content (AvgIpc) is 2.37. The van der Waals surface area contributed by atoms with E-state index in [4.69, 9.17) is 5.26 Å². The number of nitrogens with zero attached hydrogens (tertiary/aromatic N) is 1. The zero-order valence-electron chi connectivity index (χ0n) is 10.5. The van der Waals surface area contributed by atoms with Crippen molar-refractivity contribution in [3.05, 3.63) is 29.8 Å². The lowest BCUT2D eigenvalue weighted by atomic mass is 10.1. The molecular weight excluding hydrogens is 248 g/mol. The Morgan fingerprint density at radius 3 is 2.44 bits per heavy atom. The van der Waals surface area contributed by atoms with E-state index in [9.17, 15) is 8.42 Å². The van der Waals surface area contributed by atoms with Gasteiger partial charge in [-0.25, -0.2) is 8.42 Å². The van der Waals surface area contributed by atoms with E-state index in [0.717, 1.165) is 18.4 Å². The molecule has 0 atom stereocenters. The van der Waals surface area contributed by atoms with Gasteiger partial charge in [-0.15, -0.1) is 0 Å². The van der Waals surface area contributed by atoms with Crippen molar-refractivity contribution in [2.75, 3.05) is 6.54 Å². The van der Waals surface area contributed by atoms with Gasteiger partial charge in [0.1, 0.15) is 0 Å². The predicted molar refractivity (Wildman–Crippen MR) is 70.5 cm³/mol. The number of nitrogens with one attached hydrogen (secondary N) is 1. The largest absolute Gasteiger partial charge is 0.241 e. The van der Waals surface area contributed by atoms with Gasteiger partial charge >= 0.3 is 0 Å². The Kier molecular flexibility index (Phi) is 5.83. The molecule has 1 aromatic carbocycles. The van der Waals surface area contributed by atoms with E-state index in [2.05, 4.69) is 11.6 Å². The molecule has 1 N–H and O–H groups in total. The summed E-state index contributed by atoms with van der Waals surface area (Å²) < 4.78 is 25.6. The molecule has 0 fully saturated rings.